The molecule has 4 fully saturated rings. The summed E-state index contributed by atoms with van der Waals surface area (Å²) in [5.74, 6) is 0.678. The van der Waals surface area contributed by atoms with Crippen LogP contribution < -0.4 is 5.32 Å². The Kier molecular flexibility index (Phi) is 4.90. The van der Waals surface area contributed by atoms with E-state index in [4.69, 9.17) is 0 Å². The van der Waals surface area contributed by atoms with Crippen LogP contribution in [-0.2, 0) is 18.5 Å². The number of hydrogen-bond donors (Lipinski definition) is 1. The summed E-state index contributed by atoms with van der Waals surface area (Å²) in [6.45, 7) is 8.96. The molecule has 1 N–H and O–H groups in total. The molecule has 160 valence electrons. The first-order chi connectivity index (χ1) is 15.3. The second kappa shape index (κ2) is 7.90. The number of nitrogens with one attached hydrogen (secondary N) is 1. The van der Waals surface area contributed by atoms with Crippen molar-refractivity contribution in [2.75, 3.05) is 39.3 Å². The lowest BCUT2D eigenvalue weighted by Gasteiger charge is -2.56. The molecule has 0 radical (unpaired) electrons. The van der Waals surface area contributed by atoms with Gasteiger partial charge in [0, 0.05) is 75.6 Å². The van der Waals surface area contributed by atoms with E-state index in [0.717, 1.165) is 13.1 Å². The Morgan fingerprint density at radius 1 is 0.903 bits per heavy atom. The summed E-state index contributed by atoms with van der Waals surface area (Å²) < 4.78 is 1.99. The van der Waals surface area contributed by atoms with Crippen LogP contribution in [0.2, 0.25) is 0 Å². The normalized spacial score (nSPS) is 31.6. The summed E-state index contributed by atoms with van der Waals surface area (Å²) in [5.41, 5.74) is 4.34. The standard InChI is InChI=1S/C26H31N5/c1-2-8-24(9-3-1)26-19-29-12-13-30(20-26)18-23(17-29)25(26)27-15-21-6-4-7-22(14-21)16-31-11-5-10-28-31/h1-11,14,23,25,27H,12-13,15-20H2. The van der Waals surface area contributed by atoms with Gasteiger partial charge in [0.15, 0.2) is 0 Å². The topological polar surface area (TPSA) is 36.3 Å². The minimum atomic E-state index is 0.172. The van der Waals surface area contributed by atoms with E-state index in [1.807, 2.05) is 23.1 Å². The maximum atomic E-state index is 4.35. The van der Waals surface area contributed by atoms with Gasteiger partial charge in [-0.1, -0.05) is 54.6 Å². The van der Waals surface area contributed by atoms with Gasteiger partial charge in [0.2, 0.25) is 0 Å². The molecule has 3 unspecified atom stereocenters. The predicted molar refractivity (Wildman–Crippen MR) is 123 cm³/mol. The van der Waals surface area contributed by atoms with E-state index in [1.165, 1.54) is 56.0 Å². The highest BCUT2D eigenvalue weighted by Crippen LogP contribution is 2.43. The predicted octanol–water partition coefficient (Wildman–Crippen LogP) is 2.59. The van der Waals surface area contributed by atoms with Crippen molar-refractivity contribution >= 4 is 0 Å². The van der Waals surface area contributed by atoms with E-state index < -0.39 is 0 Å². The van der Waals surface area contributed by atoms with Gasteiger partial charge in [0.1, 0.15) is 0 Å². The molecule has 0 saturated carbocycles. The number of hydrogen-bond acceptors (Lipinski definition) is 4. The molecule has 0 amide bonds. The van der Waals surface area contributed by atoms with Crippen molar-refractivity contribution in [3.63, 3.8) is 0 Å². The van der Waals surface area contributed by atoms with E-state index in [1.54, 1.807) is 0 Å². The summed E-state index contributed by atoms with van der Waals surface area (Å²) in [6, 6.07) is 22.7. The van der Waals surface area contributed by atoms with Crippen molar-refractivity contribution in [1.29, 1.82) is 0 Å². The Labute approximate surface area is 184 Å². The summed E-state index contributed by atoms with van der Waals surface area (Å²) in [7, 11) is 0. The molecular formula is C26H31N5. The van der Waals surface area contributed by atoms with E-state index in [0.29, 0.717) is 12.0 Å². The number of rotatable bonds is 6. The molecule has 4 aliphatic heterocycles. The Morgan fingerprint density at radius 3 is 2.42 bits per heavy atom. The van der Waals surface area contributed by atoms with Crippen molar-refractivity contribution in [1.82, 2.24) is 24.9 Å². The van der Waals surface area contributed by atoms with Crippen LogP contribution in [0.3, 0.4) is 0 Å². The first kappa shape index (κ1) is 19.2. The van der Waals surface area contributed by atoms with Gasteiger partial charge in [-0.25, -0.2) is 0 Å². The molecule has 4 bridgehead atoms. The summed E-state index contributed by atoms with van der Waals surface area (Å²) in [6.07, 6.45) is 3.87. The number of benzene rings is 2. The summed E-state index contributed by atoms with van der Waals surface area (Å²) >= 11 is 0. The van der Waals surface area contributed by atoms with E-state index in [2.05, 4.69) is 74.8 Å². The van der Waals surface area contributed by atoms with Crippen LogP contribution in [0.5, 0.6) is 0 Å². The summed E-state index contributed by atoms with van der Waals surface area (Å²) in [4.78, 5) is 5.43. The molecule has 7 rings (SSSR count). The molecule has 3 aromatic rings. The molecule has 5 heterocycles. The van der Waals surface area contributed by atoms with Crippen LogP contribution in [0, 0.1) is 5.92 Å². The SMILES string of the molecule is c1ccc(C23CN4CCN(CC(C4)C2NCc2cccc(Cn4cccn4)c2)C3)cc1. The molecule has 4 aliphatic rings. The third-order valence-electron chi connectivity index (χ3n) is 7.57. The average Bonchev–Trinajstić information content (AvgIpc) is 3.18. The van der Waals surface area contributed by atoms with Crippen LogP contribution in [0.25, 0.3) is 0 Å². The maximum Gasteiger partial charge on any atom is 0.0659 e. The van der Waals surface area contributed by atoms with Crippen LogP contribution in [-0.4, -0.2) is 64.9 Å². The van der Waals surface area contributed by atoms with E-state index >= 15 is 0 Å². The van der Waals surface area contributed by atoms with Gasteiger partial charge in [0.05, 0.1) is 6.54 Å². The largest absolute Gasteiger partial charge is 0.309 e. The number of nitrogens with zero attached hydrogens (tertiary/aromatic N) is 4. The monoisotopic (exact) mass is 413 g/mol. The van der Waals surface area contributed by atoms with Gasteiger partial charge >= 0.3 is 0 Å². The Hall–Kier alpha value is -2.47. The highest BCUT2D eigenvalue weighted by Gasteiger charge is 2.54. The maximum absolute atomic E-state index is 4.35. The third-order valence-corrected chi connectivity index (χ3v) is 7.57. The first-order valence-electron chi connectivity index (χ1n) is 11.6. The highest BCUT2D eigenvalue weighted by atomic mass is 15.3. The zero-order chi connectivity index (χ0) is 20.7. The van der Waals surface area contributed by atoms with Gasteiger partial charge < -0.3 is 15.1 Å². The minimum Gasteiger partial charge on any atom is -0.309 e. The second-order valence-electron chi connectivity index (χ2n) is 9.63. The first-order valence-corrected chi connectivity index (χ1v) is 11.6. The third kappa shape index (κ3) is 3.61. The van der Waals surface area contributed by atoms with Crippen molar-refractivity contribution in [3.8, 4) is 0 Å². The molecular weight excluding hydrogens is 382 g/mol. The molecule has 2 aromatic carbocycles. The lowest BCUT2D eigenvalue weighted by molar-refractivity contribution is 0.0175. The zero-order valence-corrected chi connectivity index (χ0v) is 18.0. The zero-order valence-electron chi connectivity index (χ0n) is 18.0. The Bertz CT molecular complexity index is 999. The van der Waals surface area contributed by atoms with Gasteiger partial charge in [-0.15, -0.1) is 0 Å². The molecule has 0 aliphatic carbocycles. The van der Waals surface area contributed by atoms with Gasteiger partial charge in [-0.05, 0) is 22.8 Å². The van der Waals surface area contributed by atoms with Crippen molar-refractivity contribution in [2.45, 2.75) is 24.5 Å². The Morgan fingerprint density at radius 2 is 1.68 bits per heavy atom. The molecule has 4 saturated heterocycles. The fourth-order valence-corrected chi connectivity index (χ4v) is 6.32. The van der Waals surface area contributed by atoms with Crippen LogP contribution >= 0.6 is 0 Å². The average molecular weight is 414 g/mol. The fourth-order valence-electron chi connectivity index (χ4n) is 6.32. The smallest absolute Gasteiger partial charge is 0.0659 e. The van der Waals surface area contributed by atoms with Crippen molar-refractivity contribution in [3.05, 3.63) is 89.7 Å². The highest BCUT2D eigenvalue weighted by molar-refractivity contribution is 5.33. The molecule has 3 atom stereocenters. The number of piperidine rings is 2. The van der Waals surface area contributed by atoms with Gasteiger partial charge in [-0.3, -0.25) is 4.68 Å². The van der Waals surface area contributed by atoms with Crippen LogP contribution in [0.1, 0.15) is 16.7 Å². The lowest BCUT2D eigenvalue weighted by Crippen LogP contribution is -2.69. The quantitative estimate of drug-likeness (QED) is 0.674. The van der Waals surface area contributed by atoms with E-state index in [9.17, 15) is 0 Å². The minimum absolute atomic E-state index is 0.172. The fraction of sp³-hybridized carbons (Fsp3) is 0.423. The molecule has 31 heavy (non-hydrogen) atoms. The van der Waals surface area contributed by atoms with E-state index in [-0.39, 0.29) is 5.41 Å². The number of aromatic nitrogens is 2. The molecule has 0 spiro atoms. The molecule has 1 aromatic heterocycles. The van der Waals surface area contributed by atoms with Gasteiger partial charge in [0.25, 0.3) is 0 Å². The summed E-state index contributed by atoms with van der Waals surface area (Å²) in [5, 5.41) is 8.41. The number of fused-ring (bicyclic) bond motifs is 1. The second-order valence-corrected chi connectivity index (χ2v) is 9.63. The van der Waals surface area contributed by atoms with Crippen LogP contribution in [0.15, 0.2) is 73.1 Å². The molecule has 5 nitrogen and oxygen atoms in total. The Balaban J connectivity index is 1.25. The van der Waals surface area contributed by atoms with Crippen molar-refractivity contribution in [2.24, 2.45) is 5.92 Å². The van der Waals surface area contributed by atoms with Gasteiger partial charge in [-0.2, -0.15) is 5.10 Å². The molecule has 5 heteroatoms. The van der Waals surface area contributed by atoms with Crippen molar-refractivity contribution < 1.29 is 0 Å². The van der Waals surface area contributed by atoms with Crippen LogP contribution in [0.4, 0.5) is 0 Å². The lowest BCUT2D eigenvalue weighted by atomic mass is 9.64.